The highest BCUT2D eigenvalue weighted by molar-refractivity contribution is 7.93. The third kappa shape index (κ3) is 13.7. The number of nitrogens with zero attached hydrogens (tertiary/aromatic N) is 1. The molecule has 0 aliphatic rings. The predicted octanol–water partition coefficient (Wildman–Crippen LogP) is 4.21. The van der Waals surface area contributed by atoms with Crippen molar-refractivity contribution in [3.05, 3.63) is 11.5 Å². The zero-order valence-corrected chi connectivity index (χ0v) is 21.1. The molecule has 0 aromatic rings. The molecule has 0 rings (SSSR count). The van der Waals surface area contributed by atoms with Gasteiger partial charge in [0.1, 0.15) is 22.8 Å². The zero-order valence-electron chi connectivity index (χ0n) is 20.3. The maximum atomic E-state index is 12.9. The van der Waals surface area contributed by atoms with Crippen LogP contribution in [0, 0.1) is 0 Å². The van der Waals surface area contributed by atoms with Gasteiger partial charge in [0.2, 0.25) is 0 Å². The minimum absolute atomic E-state index is 0.0824. The van der Waals surface area contributed by atoms with E-state index in [1.807, 2.05) is 0 Å². The molecule has 180 valence electrons. The van der Waals surface area contributed by atoms with Crippen LogP contribution in [-0.4, -0.2) is 60.6 Å². The average molecular weight is 464 g/mol. The lowest BCUT2D eigenvalue weighted by molar-refractivity contribution is -0.161. The van der Waals surface area contributed by atoms with Crippen molar-refractivity contribution < 1.29 is 37.0 Å². The molecule has 0 radical (unpaired) electrons. The molecule has 1 unspecified atom stereocenters. The van der Waals surface area contributed by atoms with E-state index in [0.717, 1.165) is 11.7 Å². The van der Waals surface area contributed by atoms with Crippen molar-refractivity contribution in [1.82, 2.24) is 4.90 Å². The van der Waals surface area contributed by atoms with Gasteiger partial charge in [-0.1, -0.05) is 6.08 Å². The second kappa shape index (κ2) is 10.5. The lowest BCUT2D eigenvalue weighted by Gasteiger charge is -2.33. The number of amides is 2. The summed E-state index contributed by atoms with van der Waals surface area (Å²) in [6.45, 7) is 14.7. The van der Waals surface area contributed by atoms with Crippen molar-refractivity contribution in [1.29, 1.82) is 0 Å². The van der Waals surface area contributed by atoms with Gasteiger partial charge in [0.25, 0.3) is 0 Å². The fourth-order valence-electron chi connectivity index (χ4n) is 2.17. The molecule has 10 heteroatoms. The van der Waals surface area contributed by atoms with E-state index in [2.05, 4.69) is 0 Å². The molecule has 0 heterocycles. The topological polar surface area (TPSA) is 116 Å². The molecule has 0 spiro atoms. The van der Waals surface area contributed by atoms with E-state index < -0.39 is 50.8 Å². The van der Waals surface area contributed by atoms with Crippen LogP contribution in [-0.2, 0) is 28.8 Å². The molecule has 0 aliphatic heterocycles. The number of imide groups is 1. The Bertz CT molecular complexity index is 752. The van der Waals surface area contributed by atoms with Gasteiger partial charge < -0.3 is 14.2 Å². The number of hydrogen-bond acceptors (Lipinski definition) is 8. The van der Waals surface area contributed by atoms with Crippen LogP contribution in [0.25, 0.3) is 0 Å². The highest BCUT2D eigenvalue weighted by atomic mass is 32.2. The molecule has 1 atom stereocenters. The van der Waals surface area contributed by atoms with Crippen LogP contribution < -0.4 is 0 Å². The van der Waals surface area contributed by atoms with Gasteiger partial charge in [0, 0.05) is 11.7 Å². The van der Waals surface area contributed by atoms with E-state index in [-0.39, 0.29) is 12.8 Å². The van der Waals surface area contributed by atoms with Gasteiger partial charge in [-0.15, -0.1) is 0 Å². The normalized spacial score (nSPS) is 14.1. The van der Waals surface area contributed by atoms with Crippen molar-refractivity contribution in [3.8, 4) is 0 Å². The van der Waals surface area contributed by atoms with Crippen LogP contribution in [0.4, 0.5) is 9.59 Å². The highest BCUT2D eigenvalue weighted by Gasteiger charge is 2.41. The number of carbonyl (C=O) groups excluding carboxylic acids is 3. The SMILES string of the molecule is CC(C)(C)OC(=O)C(CCC=CS(C)(=O)=O)N(C(=O)OC(C)(C)C)C(=O)OC(C)(C)C. The largest absolute Gasteiger partial charge is 0.458 e. The van der Waals surface area contributed by atoms with E-state index in [4.69, 9.17) is 14.2 Å². The Kier molecular flexibility index (Phi) is 9.77. The van der Waals surface area contributed by atoms with Crippen molar-refractivity contribution >= 4 is 28.0 Å². The monoisotopic (exact) mass is 463 g/mol. The van der Waals surface area contributed by atoms with Gasteiger partial charge in [0.15, 0.2) is 9.84 Å². The summed E-state index contributed by atoms with van der Waals surface area (Å²) >= 11 is 0. The van der Waals surface area contributed by atoms with Crippen LogP contribution in [0.2, 0.25) is 0 Å². The van der Waals surface area contributed by atoms with Crippen molar-refractivity contribution in [3.63, 3.8) is 0 Å². The van der Waals surface area contributed by atoms with Crippen molar-refractivity contribution in [2.45, 2.75) is 98.0 Å². The van der Waals surface area contributed by atoms with Crippen LogP contribution in [0.3, 0.4) is 0 Å². The summed E-state index contributed by atoms with van der Waals surface area (Å²) in [6, 6.07) is -1.38. The van der Waals surface area contributed by atoms with Gasteiger partial charge >= 0.3 is 18.2 Å². The summed E-state index contributed by atoms with van der Waals surface area (Å²) in [5.74, 6) is -0.836. The molecule has 0 saturated carbocycles. The van der Waals surface area contributed by atoms with Crippen LogP contribution in [0.15, 0.2) is 11.5 Å². The molecule has 9 nitrogen and oxygen atoms in total. The summed E-state index contributed by atoms with van der Waals surface area (Å²) in [7, 11) is -3.37. The fraction of sp³-hybridized carbons (Fsp3) is 0.762. The fourth-order valence-corrected chi connectivity index (χ4v) is 2.66. The number of rotatable bonds is 6. The molecule has 0 aromatic carbocycles. The molecular formula is C21H37NO8S. The molecule has 0 bridgehead atoms. The first kappa shape index (κ1) is 28.9. The Morgan fingerprint density at radius 2 is 1.19 bits per heavy atom. The highest BCUT2D eigenvalue weighted by Crippen LogP contribution is 2.22. The number of carbonyl (C=O) groups is 3. The minimum atomic E-state index is -3.37. The molecule has 0 saturated heterocycles. The van der Waals surface area contributed by atoms with Gasteiger partial charge in [-0.05, 0) is 75.2 Å². The smallest absolute Gasteiger partial charge is 0.420 e. The Morgan fingerprint density at radius 3 is 1.52 bits per heavy atom. The first-order valence-corrected chi connectivity index (χ1v) is 11.9. The molecule has 0 N–H and O–H groups in total. The Balaban J connectivity index is 6.12. The van der Waals surface area contributed by atoms with Gasteiger partial charge in [-0.2, -0.15) is 4.90 Å². The first-order valence-electron chi connectivity index (χ1n) is 9.96. The number of ether oxygens (including phenoxy) is 3. The van der Waals surface area contributed by atoms with Gasteiger partial charge in [-0.3, -0.25) is 0 Å². The molecule has 31 heavy (non-hydrogen) atoms. The minimum Gasteiger partial charge on any atom is -0.458 e. The zero-order chi connectivity index (χ0) is 24.8. The number of esters is 1. The van der Waals surface area contributed by atoms with Gasteiger partial charge in [0.05, 0.1) is 0 Å². The summed E-state index contributed by atoms with van der Waals surface area (Å²) in [6.07, 6.45) is 0.241. The quantitative estimate of drug-likeness (QED) is 0.425. The Hall–Kier alpha value is -2.10. The van der Waals surface area contributed by atoms with Crippen molar-refractivity contribution in [2.75, 3.05) is 6.26 Å². The second-order valence-corrected chi connectivity index (χ2v) is 12.1. The molecule has 0 aromatic heterocycles. The maximum absolute atomic E-state index is 12.9. The van der Waals surface area contributed by atoms with Crippen LogP contribution >= 0.6 is 0 Å². The van der Waals surface area contributed by atoms with E-state index >= 15 is 0 Å². The van der Waals surface area contributed by atoms with E-state index in [1.165, 1.54) is 6.08 Å². The van der Waals surface area contributed by atoms with E-state index in [1.54, 1.807) is 62.3 Å². The molecular weight excluding hydrogens is 426 g/mol. The maximum Gasteiger partial charge on any atom is 0.420 e. The van der Waals surface area contributed by atoms with E-state index in [0.29, 0.717) is 4.90 Å². The van der Waals surface area contributed by atoms with Crippen molar-refractivity contribution in [2.24, 2.45) is 0 Å². The Labute approximate surface area is 186 Å². The third-order valence-electron chi connectivity index (χ3n) is 3.12. The number of hydrogen-bond donors (Lipinski definition) is 0. The van der Waals surface area contributed by atoms with E-state index in [9.17, 15) is 22.8 Å². The lowest BCUT2D eigenvalue weighted by atomic mass is 10.1. The van der Waals surface area contributed by atoms with Crippen LogP contribution in [0.1, 0.15) is 75.2 Å². The first-order chi connectivity index (χ1) is 13.6. The standard InChI is InChI=1S/C21H37NO8S/c1-19(2,3)28-16(23)15(13-11-12-14-31(10,26)27)22(17(24)29-20(4,5)6)18(25)30-21(7,8)9/h12,14-15H,11,13H2,1-10H3. The predicted molar refractivity (Wildman–Crippen MR) is 117 cm³/mol. The second-order valence-electron chi connectivity index (χ2n) is 10.2. The summed E-state index contributed by atoms with van der Waals surface area (Å²) < 4.78 is 38.7. The summed E-state index contributed by atoms with van der Waals surface area (Å²) in [5, 5.41) is 0.991. The lowest BCUT2D eigenvalue weighted by Crippen LogP contribution is -2.53. The number of sulfone groups is 1. The average Bonchev–Trinajstić information content (AvgIpc) is 2.43. The molecule has 0 fully saturated rings. The van der Waals surface area contributed by atoms with Crippen LogP contribution in [0.5, 0.6) is 0 Å². The number of allylic oxidation sites excluding steroid dienone is 1. The Morgan fingerprint density at radius 1 is 0.806 bits per heavy atom. The molecule has 2 amide bonds. The molecule has 0 aliphatic carbocycles. The third-order valence-corrected chi connectivity index (χ3v) is 3.81. The van der Waals surface area contributed by atoms with Gasteiger partial charge in [-0.25, -0.2) is 22.8 Å². The summed E-state index contributed by atoms with van der Waals surface area (Å²) in [4.78, 5) is 39.2. The summed E-state index contributed by atoms with van der Waals surface area (Å²) in [5.41, 5.74) is -2.76.